The van der Waals surface area contributed by atoms with Gasteiger partial charge in [0.2, 0.25) is 10.0 Å². The molecule has 2 atom stereocenters. The van der Waals surface area contributed by atoms with Crippen molar-refractivity contribution >= 4 is 15.7 Å². The van der Waals surface area contributed by atoms with Crippen LogP contribution in [0.5, 0.6) is 0 Å². The number of nitrogens with zero attached hydrogens (tertiary/aromatic N) is 5. The fraction of sp³-hybridized carbons (Fsp3) is 0.300. The fourth-order valence-corrected chi connectivity index (χ4v) is 5.98. The molecule has 2 aromatic rings. The van der Waals surface area contributed by atoms with E-state index in [0.29, 0.717) is 13.0 Å². The van der Waals surface area contributed by atoms with Gasteiger partial charge in [-0.2, -0.15) is 4.31 Å². The fourth-order valence-electron chi connectivity index (χ4n) is 4.35. The van der Waals surface area contributed by atoms with Crippen LogP contribution < -0.4 is 4.90 Å². The minimum absolute atomic E-state index is 0.240. The van der Waals surface area contributed by atoms with Gasteiger partial charge in [-0.25, -0.2) is 8.42 Å². The zero-order valence-electron chi connectivity index (χ0n) is 15.6. The molecule has 7 nitrogen and oxygen atoms in total. The summed E-state index contributed by atoms with van der Waals surface area (Å²) in [5.41, 5.74) is 11.1. The number of azide groups is 1. The van der Waals surface area contributed by atoms with Gasteiger partial charge in [-0.3, -0.25) is 0 Å². The van der Waals surface area contributed by atoms with Gasteiger partial charge in [0, 0.05) is 23.7 Å². The van der Waals surface area contributed by atoms with Crippen LogP contribution in [0.25, 0.3) is 10.4 Å². The zero-order valence-corrected chi connectivity index (χ0v) is 16.4. The number of anilines is 1. The SMILES string of the molecule is C=CCN1c2ccccc2[C@]2(N=[N+]=[N-])CCN(S(=O)(=O)c3ccc(C)cc3)[C@H]12. The first kappa shape index (κ1) is 18.6. The van der Waals surface area contributed by atoms with E-state index in [1.165, 1.54) is 4.31 Å². The second-order valence-corrected chi connectivity index (χ2v) is 9.01. The molecule has 2 aromatic carbocycles. The smallest absolute Gasteiger partial charge is 0.244 e. The lowest BCUT2D eigenvalue weighted by Crippen LogP contribution is -2.51. The second kappa shape index (κ2) is 6.67. The quantitative estimate of drug-likeness (QED) is 0.332. The summed E-state index contributed by atoms with van der Waals surface area (Å²) in [6, 6.07) is 14.5. The van der Waals surface area contributed by atoms with Crippen molar-refractivity contribution in [2.45, 2.75) is 29.9 Å². The lowest BCUT2D eigenvalue weighted by atomic mass is 9.90. The van der Waals surface area contributed by atoms with Crippen LogP contribution in [0, 0.1) is 6.92 Å². The van der Waals surface area contributed by atoms with Crippen LogP contribution >= 0.6 is 0 Å². The van der Waals surface area contributed by atoms with Crippen LogP contribution in [0.2, 0.25) is 0 Å². The number of rotatable bonds is 5. The number of benzene rings is 2. The molecule has 0 aromatic heterocycles. The van der Waals surface area contributed by atoms with E-state index in [4.69, 9.17) is 0 Å². The van der Waals surface area contributed by atoms with E-state index >= 15 is 0 Å². The maximum atomic E-state index is 13.5. The Morgan fingerprint density at radius 2 is 2.00 bits per heavy atom. The first-order valence-corrected chi connectivity index (χ1v) is 10.5. The average Bonchev–Trinajstić information content (AvgIpc) is 3.18. The molecule has 28 heavy (non-hydrogen) atoms. The highest BCUT2D eigenvalue weighted by molar-refractivity contribution is 7.89. The van der Waals surface area contributed by atoms with Crippen molar-refractivity contribution in [2.24, 2.45) is 5.11 Å². The predicted octanol–water partition coefficient (Wildman–Crippen LogP) is 3.93. The van der Waals surface area contributed by atoms with Crippen LogP contribution in [0.15, 0.2) is 71.2 Å². The third-order valence-corrected chi connectivity index (χ3v) is 7.43. The Labute approximate surface area is 164 Å². The lowest BCUT2D eigenvalue weighted by Gasteiger charge is -2.35. The normalized spacial score (nSPS) is 23.8. The van der Waals surface area contributed by atoms with Crippen molar-refractivity contribution in [3.63, 3.8) is 0 Å². The molecule has 2 aliphatic heterocycles. The summed E-state index contributed by atoms with van der Waals surface area (Å²) in [6.07, 6.45) is 1.54. The zero-order chi connectivity index (χ0) is 19.9. The summed E-state index contributed by atoms with van der Waals surface area (Å²) in [5.74, 6) is 0. The molecule has 2 aliphatic rings. The highest BCUT2D eigenvalue weighted by Gasteiger charge is 2.59. The maximum absolute atomic E-state index is 13.5. The predicted molar refractivity (Wildman–Crippen MR) is 108 cm³/mol. The van der Waals surface area contributed by atoms with E-state index < -0.39 is 21.7 Å². The third-order valence-electron chi connectivity index (χ3n) is 5.56. The first-order valence-electron chi connectivity index (χ1n) is 9.07. The largest absolute Gasteiger partial charge is 0.350 e. The van der Waals surface area contributed by atoms with E-state index in [9.17, 15) is 13.9 Å². The molecule has 2 heterocycles. The molecular weight excluding hydrogens is 374 g/mol. The Balaban J connectivity index is 1.88. The van der Waals surface area contributed by atoms with Crippen molar-refractivity contribution in [3.05, 3.63) is 82.8 Å². The van der Waals surface area contributed by atoms with Crippen LogP contribution in [-0.2, 0) is 15.6 Å². The molecule has 0 saturated carbocycles. The Kier molecular flexibility index (Phi) is 4.42. The summed E-state index contributed by atoms with van der Waals surface area (Å²) in [7, 11) is -3.76. The number of hydrogen-bond donors (Lipinski definition) is 0. The van der Waals surface area contributed by atoms with Gasteiger partial charge in [0.1, 0.15) is 11.7 Å². The molecular formula is C20H21N5O2S. The first-order chi connectivity index (χ1) is 13.5. The van der Waals surface area contributed by atoms with Gasteiger partial charge in [0.25, 0.3) is 0 Å². The van der Waals surface area contributed by atoms with Crippen LogP contribution in [0.4, 0.5) is 5.69 Å². The molecule has 0 bridgehead atoms. The summed E-state index contributed by atoms with van der Waals surface area (Å²) in [4.78, 5) is 5.30. The van der Waals surface area contributed by atoms with Crippen molar-refractivity contribution in [1.82, 2.24) is 4.31 Å². The summed E-state index contributed by atoms with van der Waals surface area (Å²) < 4.78 is 28.4. The molecule has 4 rings (SSSR count). The van der Waals surface area contributed by atoms with Crippen molar-refractivity contribution in [2.75, 3.05) is 18.0 Å². The van der Waals surface area contributed by atoms with Gasteiger partial charge in [0.15, 0.2) is 0 Å². The Bertz CT molecular complexity index is 1080. The van der Waals surface area contributed by atoms with E-state index in [2.05, 4.69) is 16.6 Å². The topological polar surface area (TPSA) is 89.4 Å². The van der Waals surface area contributed by atoms with Gasteiger partial charge in [0.05, 0.1) is 4.90 Å². The molecule has 0 unspecified atom stereocenters. The monoisotopic (exact) mass is 395 g/mol. The molecule has 0 amide bonds. The number of aryl methyl sites for hydroxylation is 1. The van der Waals surface area contributed by atoms with Crippen LogP contribution in [-0.4, -0.2) is 32.0 Å². The molecule has 144 valence electrons. The number of fused-ring (bicyclic) bond motifs is 3. The molecule has 1 saturated heterocycles. The molecule has 8 heteroatoms. The Morgan fingerprint density at radius 1 is 1.29 bits per heavy atom. The number of para-hydroxylation sites is 1. The standard InChI is InChI=1S/C20H21N5O2S/c1-3-13-24-18-7-5-4-6-17(18)20(22-23-21)12-14-25(19(20)24)28(26,27)16-10-8-15(2)9-11-16/h3-11,19H,1,12-14H2,2H3/t19-,20+/m0/s1. The minimum Gasteiger partial charge on any atom is -0.350 e. The number of sulfonamides is 1. The average molecular weight is 395 g/mol. The van der Waals surface area contributed by atoms with Crippen LogP contribution in [0.1, 0.15) is 17.5 Å². The third kappa shape index (κ3) is 2.53. The van der Waals surface area contributed by atoms with E-state index in [-0.39, 0.29) is 11.4 Å². The maximum Gasteiger partial charge on any atom is 0.244 e. The van der Waals surface area contributed by atoms with Gasteiger partial charge < -0.3 is 4.90 Å². The summed E-state index contributed by atoms with van der Waals surface area (Å²) in [6.45, 7) is 6.47. The van der Waals surface area contributed by atoms with Gasteiger partial charge in [-0.05, 0) is 42.6 Å². The molecule has 1 fully saturated rings. The van der Waals surface area contributed by atoms with Crippen molar-refractivity contribution in [1.29, 1.82) is 0 Å². The Morgan fingerprint density at radius 3 is 2.68 bits per heavy atom. The van der Waals surface area contributed by atoms with E-state index in [0.717, 1.165) is 16.8 Å². The highest BCUT2D eigenvalue weighted by Crippen LogP contribution is 2.54. The Hall–Kier alpha value is -2.80. The molecule has 0 N–H and O–H groups in total. The van der Waals surface area contributed by atoms with Gasteiger partial charge >= 0.3 is 0 Å². The molecule has 0 aliphatic carbocycles. The summed E-state index contributed by atoms with van der Waals surface area (Å²) >= 11 is 0. The van der Waals surface area contributed by atoms with Gasteiger partial charge in [-0.15, -0.1) is 6.58 Å². The van der Waals surface area contributed by atoms with Crippen molar-refractivity contribution in [3.8, 4) is 0 Å². The van der Waals surface area contributed by atoms with Gasteiger partial charge in [-0.1, -0.05) is 47.1 Å². The highest BCUT2D eigenvalue weighted by atomic mass is 32.2. The molecule has 0 spiro atoms. The summed E-state index contributed by atoms with van der Waals surface area (Å²) in [5, 5.41) is 4.16. The number of hydrogen-bond acceptors (Lipinski definition) is 4. The van der Waals surface area contributed by atoms with Crippen molar-refractivity contribution < 1.29 is 8.42 Å². The lowest BCUT2D eigenvalue weighted by molar-refractivity contribution is 0.314. The van der Waals surface area contributed by atoms with E-state index in [1.807, 2.05) is 36.1 Å². The van der Waals surface area contributed by atoms with E-state index in [1.54, 1.807) is 30.3 Å². The molecule has 0 radical (unpaired) electrons. The second-order valence-electron chi connectivity index (χ2n) is 7.12. The minimum atomic E-state index is -3.76. The van der Waals surface area contributed by atoms with Crippen LogP contribution in [0.3, 0.4) is 0 Å².